The van der Waals surface area contributed by atoms with Gasteiger partial charge in [-0.15, -0.1) is 11.3 Å². The lowest BCUT2D eigenvalue weighted by Crippen LogP contribution is -2.12. The van der Waals surface area contributed by atoms with Crippen molar-refractivity contribution in [1.82, 2.24) is 9.61 Å². The molecule has 0 radical (unpaired) electrons. The number of thiophene rings is 1. The fourth-order valence-corrected chi connectivity index (χ4v) is 3.75. The first-order chi connectivity index (χ1) is 10.3. The summed E-state index contributed by atoms with van der Waals surface area (Å²) in [6, 6.07) is 14.5. The van der Waals surface area contributed by atoms with Crippen molar-refractivity contribution in [1.29, 1.82) is 0 Å². The summed E-state index contributed by atoms with van der Waals surface area (Å²) in [5.41, 5.74) is 9.95. The average Bonchev–Trinajstić information content (AvgIpc) is 3.12. The van der Waals surface area contributed by atoms with Gasteiger partial charge in [-0.25, -0.2) is 4.52 Å². The number of nitrogens with zero attached hydrogens (tertiary/aromatic N) is 2. The zero-order valence-corrected chi connectivity index (χ0v) is 12.3. The van der Waals surface area contributed by atoms with Crippen molar-refractivity contribution in [3.63, 3.8) is 0 Å². The van der Waals surface area contributed by atoms with Crippen molar-refractivity contribution in [3.8, 4) is 0 Å². The summed E-state index contributed by atoms with van der Waals surface area (Å²) in [5, 5.41) is 7.90. The van der Waals surface area contributed by atoms with Gasteiger partial charge in [0.2, 0.25) is 0 Å². The lowest BCUT2D eigenvalue weighted by atomic mass is 10.0. The van der Waals surface area contributed by atoms with Gasteiger partial charge in [0.05, 0.1) is 11.7 Å². The molecule has 3 aromatic heterocycles. The highest BCUT2D eigenvalue weighted by Crippen LogP contribution is 2.29. The number of pyridine rings is 1. The highest BCUT2D eigenvalue weighted by Gasteiger charge is 2.14. The van der Waals surface area contributed by atoms with Crippen molar-refractivity contribution in [2.45, 2.75) is 12.5 Å². The quantitative estimate of drug-likeness (QED) is 0.624. The number of rotatable bonds is 3. The van der Waals surface area contributed by atoms with E-state index in [1.807, 2.05) is 29.0 Å². The number of nitrogens with two attached hydrogens (primary N) is 1. The third-order valence-corrected chi connectivity index (χ3v) is 4.87. The Morgan fingerprint density at radius 3 is 2.95 bits per heavy atom. The molecule has 3 heterocycles. The Kier molecular flexibility index (Phi) is 2.98. The Hall–Kier alpha value is -2.17. The van der Waals surface area contributed by atoms with Gasteiger partial charge >= 0.3 is 0 Å². The second-order valence-corrected chi connectivity index (χ2v) is 6.11. The molecule has 4 rings (SSSR count). The molecule has 1 atom stereocenters. The first-order valence-corrected chi connectivity index (χ1v) is 7.84. The normalized spacial score (nSPS) is 13.0. The zero-order chi connectivity index (χ0) is 14.2. The number of benzene rings is 1. The van der Waals surface area contributed by atoms with Crippen molar-refractivity contribution in [2.75, 3.05) is 0 Å². The van der Waals surface area contributed by atoms with E-state index in [1.165, 1.54) is 15.6 Å². The minimum Gasteiger partial charge on any atom is -0.324 e. The third kappa shape index (κ3) is 2.13. The Labute approximate surface area is 126 Å². The molecule has 2 N–H and O–H groups in total. The second-order valence-electron chi connectivity index (χ2n) is 5.20. The van der Waals surface area contributed by atoms with E-state index in [0.717, 1.165) is 17.5 Å². The second kappa shape index (κ2) is 4.98. The number of hydrogen-bond acceptors (Lipinski definition) is 3. The molecule has 4 heteroatoms. The summed E-state index contributed by atoms with van der Waals surface area (Å²) in [4.78, 5) is 0. The molecular formula is C17H15N3S. The lowest BCUT2D eigenvalue weighted by molar-refractivity contribution is 0.732. The molecule has 4 aromatic rings. The summed E-state index contributed by atoms with van der Waals surface area (Å²) in [7, 11) is 0. The van der Waals surface area contributed by atoms with Crippen LogP contribution >= 0.6 is 11.3 Å². The highest BCUT2D eigenvalue weighted by atomic mass is 32.1. The van der Waals surface area contributed by atoms with Crippen LogP contribution in [0.1, 0.15) is 17.2 Å². The van der Waals surface area contributed by atoms with E-state index in [1.54, 1.807) is 11.3 Å². The van der Waals surface area contributed by atoms with Gasteiger partial charge in [0, 0.05) is 22.5 Å². The van der Waals surface area contributed by atoms with Crippen molar-refractivity contribution in [3.05, 3.63) is 71.4 Å². The van der Waals surface area contributed by atoms with Gasteiger partial charge in [0.25, 0.3) is 0 Å². The van der Waals surface area contributed by atoms with Gasteiger partial charge in [-0.1, -0.05) is 24.3 Å². The molecule has 104 valence electrons. The van der Waals surface area contributed by atoms with Gasteiger partial charge in [-0.3, -0.25) is 0 Å². The molecule has 0 bridgehead atoms. The fraction of sp³-hybridized carbons (Fsp3) is 0.118. The highest BCUT2D eigenvalue weighted by molar-refractivity contribution is 7.17. The van der Waals surface area contributed by atoms with E-state index in [-0.39, 0.29) is 6.04 Å². The van der Waals surface area contributed by atoms with E-state index in [4.69, 9.17) is 5.73 Å². The van der Waals surface area contributed by atoms with E-state index < -0.39 is 0 Å². The van der Waals surface area contributed by atoms with Crippen molar-refractivity contribution >= 4 is 26.9 Å². The Bertz CT molecular complexity index is 906. The van der Waals surface area contributed by atoms with Crippen LogP contribution in [0.5, 0.6) is 0 Å². The van der Waals surface area contributed by atoms with Crippen LogP contribution in [0.3, 0.4) is 0 Å². The molecule has 21 heavy (non-hydrogen) atoms. The van der Waals surface area contributed by atoms with Gasteiger partial charge in [0.15, 0.2) is 0 Å². The SMILES string of the molecule is NC(Cc1csc2ccccc12)c1cnn2ccccc12. The molecule has 0 aliphatic rings. The van der Waals surface area contributed by atoms with Gasteiger partial charge in [-0.2, -0.15) is 5.10 Å². The predicted molar refractivity (Wildman–Crippen MR) is 87.6 cm³/mol. The van der Waals surface area contributed by atoms with Gasteiger partial charge < -0.3 is 5.73 Å². The van der Waals surface area contributed by atoms with E-state index >= 15 is 0 Å². The van der Waals surface area contributed by atoms with Crippen LogP contribution in [0.2, 0.25) is 0 Å². The molecule has 0 fully saturated rings. The zero-order valence-electron chi connectivity index (χ0n) is 11.4. The van der Waals surface area contributed by atoms with Gasteiger partial charge in [0.1, 0.15) is 0 Å². The summed E-state index contributed by atoms with van der Waals surface area (Å²) in [6.07, 6.45) is 4.67. The molecule has 0 aliphatic carbocycles. The van der Waals surface area contributed by atoms with Crippen LogP contribution in [0, 0.1) is 0 Å². The maximum atomic E-state index is 6.44. The third-order valence-electron chi connectivity index (χ3n) is 3.86. The summed E-state index contributed by atoms with van der Waals surface area (Å²) < 4.78 is 3.19. The van der Waals surface area contributed by atoms with Crippen LogP contribution in [0.25, 0.3) is 15.6 Å². The van der Waals surface area contributed by atoms with Crippen LogP contribution in [0.15, 0.2) is 60.2 Å². The van der Waals surface area contributed by atoms with Crippen LogP contribution < -0.4 is 5.73 Å². The van der Waals surface area contributed by atoms with E-state index in [9.17, 15) is 0 Å². The fourth-order valence-electron chi connectivity index (χ4n) is 2.78. The minimum absolute atomic E-state index is 0.0390. The van der Waals surface area contributed by atoms with Crippen molar-refractivity contribution in [2.24, 2.45) is 5.73 Å². The maximum Gasteiger partial charge on any atom is 0.0709 e. The maximum absolute atomic E-state index is 6.44. The van der Waals surface area contributed by atoms with Gasteiger partial charge in [-0.05, 0) is 40.9 Å². The predicted octanol–water partition coefficient (Wildman–Crippen LogP) is 3.79. The first kappa shape index (κ1) is 12.6. The number of aromatic nitrogens is 2. The minimum atomic E-state index is -0.0390. The van der Waals surface area contributed by atoms with Crippen LogP contribution in [-0.4, -0.2) is 9.61 Å². The topological polar surface area (TPSA) is 43.3 Å². The smallest absolute Gasteiger partial charge is 0.0709 e. The molecular weight excluding hydrogens is 278 g/mol. The Morgan fingerprint density at radius 1 is 1.14 bits per heavy atom. The average molecular weight is 293 g/mol. The summed E-state index contributed by atoms with van der Waals surface area (Å²) in [6.45, 7) is 0. The molecule has 0 spiro atoms. The summed E-state index contributed by atoms with van der Waals surface area (Å²) in [5.74, 6) is 0. The molecule has 1 unspecified atom stereocenters. The Balaban J connectivity index is 1.71. The van der Waals surface area contributed by atoms with E-state index in [2.05, 4.69) is 40.8 Å². The monoisotopic (exact) mass is 293 g/mol. The number of hydrogen-bond donors (Lipinski definition) is 1. The van der Waals surface area contributed by atoms with Crippen LogP contribution in [0.4, 0.5) is 0 Å². The summed E-state index contributed by atoms with van der Waals surface area (Å²) >= 11 is 1.78. The molecule has 3 nitrogen and oxygen atoms in total. The molecule has 0 saturated carbocycles. The number of fused-ring (bicyclic) bond motifs is 2. The lowest BCUT2D eigenvalue weighted by Gasteiger charge is -2.10. The first-order valence-electron chi connectivity index (χ1n) is 6.96. The molecule has 0 amide bonds. The molecule has 1 aromatic carbocycles. The van der Waals surface area contributed by atoms with E-state index in [0.29, 0.717) is 0 Å². The Morgan fingerprint density at radius 2 is 2.00 bits per heavy atom. The standard InChI is InChI=1S/C17H15N3S/c18-15(14-10-19-20-8-4-3-6-16(14)20)9-12-11-21-17-7-2-1-5-13(12)17/h1-8,10-11,15H,9,18H2. The van der Waals surface area contributed by atoms with Crippen molar-refractivity contribution < 1.29 is 0 Å². The molecule has 0 aliphatic heterocycles. The largest absolute Gasteiger partial charge is 0.324 e. The van der Waals surface area contributed by atoms with Crippen LogP contribution in [-0.2, 0) is 6.42 Å². The molecule has 0 saturated heterocycles.